The summed E-state index contributed by atoms with van der Waals surface area (Å²) in [5, 5.41) is 3.33. The number of amides is 1. The van der Waals surface area contributed by atoms with Crippen LogP contribution in [0.2, 0.25) is 0 Å². The molecule has 1 amide bonds. The van der Waals surface area contributed by atoms with Crippen molar-refractivity contribution >= 4 is 5.91 Å². The van der Waals surface area contributed by atoms with E-state index in [0.29, 0.717) is 18.9 Å². The smallest absolute Gasteiger partial charge is 0.369 e. The Kier molecular flexibility index (Phi) is 4.82. The Morgan fingerprint density at radius 2 is 2.10 bits per heavy atom. The van der Waals surface area contributed by atoms with Crippen LogP contribution in [0.1, 0.15) is 45.4 Å². The molecule has 0 spiro atoms. The van der Waals surface area contributed by atoms with Gasteiger partial charge in [0.2, 0.25) is 5.91 Å². The van der Waals surface area contributed by atoms with Gasteiger partial charge in [0.15, 0.2) is 6.10 Å². The fraction of sp³-hybridized carbons (Fsp3) is 0.929. The van der Waals surface area contributed by atoms with Gasteiger partial charge in [-0.15, -0.1) is 0 Å². The Morgan fingerprint density at radius 3 is 2.62 bits per heavy atom. The SMILES string of the molecule is CC(OCCC1CCCC1(NC1CC1)C(N)=O)C(F)(F)F. The maximum absolute atomic E-state index is 12.4. The monoisotopic (exact) mass is 308 g/mol. The van der Waals surface area contributed by atoms with Gasteiger partial charge in [0.25, 0.3) is 0 Å². The highest BCUT2D eigenvalue weighted by molar-refractivity contribution is 5.85. The van der Waals surface area contributed by atoms with Gasteiger partial charge in [0.05, 0.1) is 0 Å². The first-order chi connectivity index (χ1) is 9.75. The molecule has 21 heavy (non-hydrogen) atoms. The molecule has 3 atom stereocenters. The van der Waals surface area contributed by atoms with E-state index in [1.165, 1.54) is 0 Å². The van der Waals surface area contributed by atoms with Crippen LogP contribution in [0.4, 0.5) is 13.2 Å². The zero-order chi connectivity index (χ0) is 15.7. The first kappa shape index (κ1) is 16.5. The molecule has 4 nitrogen and oxygen atoms in total. The third-order valence-corrected chi connectivity index (χ3v) is 4.59. The predicted molar refractivity (Wildman–Crippen MR) is 71.5 cm³/mol. The number of carbonyl (C=O) groups excluding carboxylic acids is 1. The summed E-state index contributed by atoms with van der Waals surface area (Å²) in [4.78, 5) is 11.9. The quantitative estimate of drug-likeness (QED) is 0.757. The summed E-state index contributed by atoms with van der Waals surface area (Å²) in [6.07, 6.45) is -1.32. The highest BCUT2D eigenvalue weighted by atomic mass is 19.4. The van der Waals surface area contributed by atoms with E-state index in [0.717, 1.165) is 32.6 Å². The summed E-state index contributed by atoms with van der Waals surface area (Å²) < 4.78 is 42.1. The third kappa shape index (κ3) is 3.88. The highest BCUT2D eigenvalue weighted by Gasteiger charge is 2.49. The summed E-state index contributed by atoms with van der Waals surface area (Å²) in [6.45, 7) is 0.991. The number of nitrogens with two attached hydrogens (primary N) is 1. The van der Waals surface area contributed by atoms with Crippen LogP contribution < -0.4 is 11.1 Å². The van der Waals surface area contributed by atoms with Crippen LogP contribution in [-0.2, 0) is 9.53 Å². The number of primary amides is 1. The fourth-order valence-corrected chi connectivity index (χ4v) is 3.13. The van der Waals surface area contributed by atoms with Crippen molar-refractivity contribution in [2.75, 3.05) is 6.61 Å². The van der Waals surface area contributed by atoms with E-state index in [4.69, 9.17) is 10.5 Å². The summed E-state index contributed by atoms with van der Waals surface area (Å²) in [5.41, 5.74) is 4.82. The van der Waals surface area contributed by atoms with Crippen LogP contribution in [0, 0.1) is 5.92 Å². The molecule has 0 aromatic heterocycles. The van der Waals surface area contributed by atoms with Crippen LogP contribution >= 0.6 is 0 Å². The van der Waals surface area contributed by atoms with Crippen molar-refractivity contribution in [3.63, 3.8) is 0 Å². The standard InChI is InChI=1S/C14H23F3N2O2/c1-9(14(15,16)17)21-8-6-10-3-2-7-13(10,12(18)20)19-11-4-5-11/h9-11,19H,2-8H2,1H3,(H2,18,20). The van der Waals surface area contributed by atoms with Crippen LogP contribution in [-0.4, -0.2) is 36.4 Å². The van der Waals surface area contributed by atoms with E-state index in [2.05, 4.69) is 5.32 Å². The number of carbonyl (C=O) groups is 1. The van der Waals surface area contributed by atoms with Crippen LogP contribution in [0.3, 0.4) is 0 Å². The lowest BCUT2D eigenvalue weighted by molar-refractivity contribution is -0.215. The molecule has 2 aliphatic rings. The summed E-state index contributed by atoms with van der Waals surface area (Å²) in [7, 11) is 0. The molecular weight excluding hydrogens is 285 g/mol. The van der Waals surface area contributed by atoms with E-state index in [1.54, 1.807) is 0 Å². The zero-order valence-corrected chi connectivity index (χ0v) is 12.2. The number of hydrogen-bond acceptors (Lipinski definition) is 3. The predicted octanol–water partition coefficient (Wildman–Crippen LogP) is 2.12. The van der Waals surface area contributed by atoms with E-state index in [-0.39, 0.29) is 18.4 Å². The maximum atomic E-state index is 12.4. The molecule has 0 saturated heterocycles. The maximum Gasteiger partial charge on any atom is 0.414 e. The summed E-state index contributed by atoms with van der Waals surface area (Å²) >= 11 is 0. The summed E-state index contributed by atoms with van der Waals surface area (Å²) in [6, 6.07) is 0.327. The molecule has 2 fully saturated rings. The third-order valence-electron chi connectivity index (χ3n) is 4.59. The number of halogens is 3. The van der Waals surface area contributed by atoms with Gasteiger partial charge in [-0.1, -0.05) is 6.42 Å². The summed E-state index contributed by atoms with van der Waals surface area (Å²) in [5.74, 6) is -0.434. The number of alkyl halides is 3. The van der Waals surface area contributed by atoms with Crippen molar-refractivity contribution in [3.8, 4) is 0 Å². The Balaban J connectivity index is 1.89. The topological polar surface area (TPSA) is 64.3 Å². The second kappa shape index (κ2) is 6.12. The Hall–Kier alpha value is -0.820. The molecular formula is C14H23F3N2O2. The minimum absolute atomic E-state index is 0.00722. The van der Waals surface area contributed by atoms with Crippen molar-refractivity contribution in [2.24, 2.45) is 11.7 Å². The molecule has 122 valence electrons. The molecule has 7 heteroatoms. The second-order valence-corrected chi connectivity index (χ2v) is 6.19. The highest BCUT2D eigenvalue weighted by Crippen LogP contribution is 2.40. The molecule has 0 aliphatic heterocycles. The van der Waals surface area contributed by atoms with Gasteiger partial charge >= 0.3 is 6.18 Å². The Morgan fingerprint density at radius 1 is 1.43 bits per heavy atom. The molecule has 0 heterocycles. The van der Waals surface area contributed by atoms with Gasteiger partial charge in [-0.05, 0) is 44.9 Å². The number of nitrogens with one attached hydrogen (secondary N) is 1. The lowest BCUT2D eigenvalue weighted by atomic mass is 9.84. The van der Waals surface area contributed by atoms with Crippen LogP contribution in [0.15, 0.2) is 0 Å². The Bertz CT molecular complexity index is 385. The van der Waals surface area contributed by atoms with Gasteiger partial charge in [-0.3, -0.25) is 4.79 Å². The molecule has 2 saturated carbocycles. The zero-order valence-electron chi connectivity index (χ0n) is 12.2. The molecule has 3 N–H and O–H groups in total. The van der Waals surface area contributed by atoms with E-state index in [1.807, 2.05) is 0 Å². The molecule has 0 radical (unpaired) electrons. The average molecular weight is 308 g/mol. The first-order valence-corrected chi connectivity index (χ1v) is 7.51. The number of rotatable bonds is 7. The van der Waals surface area contributed by atoms with E-state index < -0.39 is 17.8 Å². The molecule has 0 aromatic rings. The van der Waals surface area contributed by atoms with Crippen LogP contribution in [0.25, 0.3) is 0 Å². The number of ether oxygens (including phenoxy) is 1. The van der Waals surface area contributed by atoms with Crippen molar-refractivity contribution in [1.82, 2.24) is 5.32 Å². The first-order valence-electron chi connectivity index (χ1n) is 7.51. The van der Waals surface area contributed by atoms with Crippen LogP contribution in [0.5, 0.6) is 0 Å². The minimum atomic E-state index is -4.34. The van der Waals surface area contributed by atoms with Gasteiger partial charge in [-0.2, -0.15) is 13.2 Å². The molecule has 2 rings (SSSR count). The lowest BCUT2D eigenvalue weighted by Crippen LogP contribution is -2.58. The van der Waals surface area contributed by atoms with Crippen molar-refractivity contribution in [2.45, 2.75) is 69.3 Å². The van der Waals surface area contributed by atoms with Gasteiger partial charge in [0.1, 0.15) is 5.54 Å². The van der Waals surface area contributed by atoms with E-state index >= 15 is 0 Å². The molecule has 3 unspecified atom stereocenters. The minimum Gasteiger partial charge on any atom is -0.369 e. The molecule has 2 aliphatic carbocycles. The lowest BCUT2D eigenvalue weighted by Gasteiger charge is -2.34. The molecule has 0 bridgehead atoms. The second-order valence-electron chi connectivity index (χ2n) is 6.19. The number of hydrogen-bond donors (Lipinski definition) is 2. The van der Waals surface area contributed by atoms with Crippen molar-refractivity contribution in [3.05, 3.63) is 0 Å². The molecule has 0 aromatic carbocycles. The fourth-order valence-electron chi connectivity index (χ4n) is 3.13. The van der Waals surface area contributed by atoms with Gasteiger partial charge < -0.3 is 15.8 Å². The van der Waals surface area contributed by atoms with Gasteiger partial charge in [0, 0.05) is 12.6 Å². The average Bonchev–Trinajstić information content (AvgIpc) is 3.08. The normalized spacial score (nSPS) is 31.3. The Labute approximate surface area is 122 Å². The van der Waals surface area contributed by atoms with Crippen molar-refractivity contribution < 1.29 is 22.7 Å². The van der Waals surface area contributed by atoms with E-state index in [9.17, 15) is 18.0 Å². The van der Waals surface area contributed by atoms with Crippen molar-refractivity contribution in [1.29, 1.82) is 0 Å². The largest absolute Gasteiger partial charge is 0.414 e. The van der Waals surface area contributed by atoms with Gasteiger partial charge in [-0.25, -0.2) is 0 Å².